The van der Waals surface area contributed by atoms with E-state index in [4.69, 9.17) is 0 Å². The Morgan fingerprint density at radius 3 is 1.05 bits per heavy atom. The summed E-state index contributed by atoms with van der Waals surface area (Å²) in [6.45, 7) is 13.8. The van der Waals surface area contributed by atoms with Gasteiger partial charge in [0.15, 0.2) is 0 Å². The molecule has 0 saturated carbocycles. The van der Waals surface area contributed by atoms with Crippen LogP contribution in [0.4, 0.5) is 11.4 Å². The molecule has 3 heterocycles. The lowest BCUT2D eigenvalue weighted by atomic mass is 9.86. The van der Waals surface area contributed by atoms with E-state index in [-0.39, 0.29) is 10.8 Å². The first kappa shape index (κ1) is 51.0. The fraction of sp³-hybridized carbons (Fsp3) is 0.125. The number of hydrogen-bond acceptors (Lipinski definition) is 1. The zero-order chi connectivity index (χ0) is 56.8. The lowest BCUT2D eigenvalue weighted by Crippen LogP contribution is -2.17. The average molecular weight is 1080 g/mol. The molecule has 84 heavy (non-hydrogen) atoms. The van der Waals surface area contributed by atoms with Crippen molar-refractivity contribution < 1.29 is 0 Å². The number of aromatic nitrogens is 3. The molecule has 0 N–H and O–H groups in total. The number of rotatable bonds is 9. The fourth-order valence-electron chi connectivity index (χ4n) is 13.2. The van der Waals surface area contributed by atoms with Crippen LogP contribution in [0.25, 0.3) is 110 Å². The van der Waals surface area contributed by atoms with Crippen molar-refractivity contribution in [3.05, 3.63) is 289 Å². The Kier molecular flexibility index (Phi) is 12.1. The van der Waals surface area contributed by atoms with Crippen molar-refractivity contribution >= 4 is 82.4 Å². The molecule has 0 radical (unpaired) electrons. The van der Waals surface area contributed by atoms with Gasteiger partial charge in [-0.1, -0.05) is 175 Å². The van der Waals surface area contributed by atoms with E-state index in [1.54, 1.807) is 0 Å². The zero-order valence-electron chi connectivity index (χ0n) is 48.6. The summed E-state index contributed by atoms with van der Waals surface area (Å²) in [5.74, 6) is 0. The summed E-state index contributed by atoms with van der Waals surface area (Å²) in [6, 6.07) is 94.7. The van der Waals surface area contributed by atoms with Crippen molar-refractivity contribution in [2.24, 2.45) is 0 Å². The van der Waals surface area contributed by atoms with Crippen LogP contribution < -0.4 is 4.90 Å². The molecular formula is C80H66N4. The smallest absolute Gasteiger partial charge is 0.0541 e. The molecule has 0 saturated heterocycles. The first-order chi connectivity index (χ1) is 40.9. The van der Waals surface area contributed by atoms with Gasteiger partial charge in [-0.05, 0) is 202 Å². The van der Waals surface area contributed by atoms with E-state index in [0.717, 1.165) is 24.2 Å². The Morgan fingerprint density at radius 2 is 0.631 bits per heavy atom. The maximum atomic E-state index is 2.48. The largest absolute Gasteiger partial charge is 0.314 e. The number of nitrogens with zero attached hydrogens (tertiary/aromatic N) is 4. The van der Waals surface area contributed by atoms with Crippen LogP contribution in [0, 0.1) is 0 Å². The van der Waals surface area contributed by atoms with Gasteiger partial charge in [0.1, 0.15) is 0 Å². The summed E-state index contributed by atoms with van der Waals surface area (Å²) in [7, 11) is 0. The molecule has 15 rings (SSSR count). The Labute approximate surface area is 492 Å². The van der Waals surface area contributed by atoms with E-state index >= 15 is 0 Å². The third-order valence-corrected chi connectivity index (χ3v) is 17.7. The van der Waals surface area contributed by atoms with Crippen LogP contribution in [0.2, 0.25) is 0 Å². The molecule has 3 aromatic heterocycles. The van der Waals surface area contributed by atoms with Crippen LogP contribution in [-0.2, 0) is 10.8 Å². The molecule has 0 amide bonds. The van der Waals surface area contributed by atoms with Crippen molar-refractivity contribution in [2.75, 3.05) is 4.90 Å². The molecule has 0 aliphatic heterocycles. The molecule has 0 fully saturated rings. The number of anilines is 2. The lowest BCUT2D eigenvalue weighted by Gasteiger charge is -2.30. The van der Waals surface area contributed by atoms with Gasteiger partial charge in [-0.2, -0.15) is 0 Å². The first-order valence-corrected chi connectivity index (χ1v) is 29.7. The molecule has 0 spiro atoms. The molecule has 0 atom stereocenters. The van der Waals surface area contributed by atoms with Crippen LogP contribution in [0.15, 0.2) is 273 Å². The van der Waals surface area contributed by atoms with Crippen LogP contribution >= 0.6 is 0 Å². The van der Waals surface area contributed by atoms with Crippen molar-refractivity contribution in [1.29, 1.82) is 0 Å². The zero-order valence-corrected chi connectivity index (χ0v) is 48.6. The minimum atomic E-state index is 0.0242. The Balaban J connectivity index is 0.823. The highest BCUT2D eigenvalue weighted by Crippen LogP contribution is 2.43. The minimum Gasteiger partial charge on any atom is -0.314 e. The molecule has 4 heteroatoms. The molecule has 1 aliphatic carbocycles. The van der Waals surface area contributed by atoms with E-state index in [1.807, 2.05) is 0 Å². The molecule has 0 bridgehead atoms. The number of benzene rings is 11. The predicted octanol–water partition coefficient (Wildman–Crippen LogP) is 21.8. The first-order valence-electron chi connectivity index (χ1n) is 29.7. The Morgan fingerprint density at radius 1 is 0.286 bits per heavy atom. The van der Waals surface area contributed by atoms with E-state index in [2.05, 4.69) is 327 Å². The highest BCUT2D eigenvalue weighted by molar-refractivity contribution is 6.13. The quantitative estimate of drug-likeness (QED) is 0.141. The van der Waals surface area contributed by atoms with Crippen LogP contribution in [-0.4, -0.2) is 13.7 Å². The monoisotopic (exact) mass is 1080 g/mol. The molecule has 1 aliphatic rings. The summed E-state index contributed by atoms with van der Waals surface area (Å²) in [5.41, 5.74) is 24.4. The number of para-hydroxylation sites is 4. The molecule has 406 valence electrons. The van der Waals surface area contributed by atoms with Gasteiger partial charge in [-0.15, -0.1) is 0 Å². The van der Waals surface area contributed by atoms with Crippen molar-refractivity contribution in [1.82, 2.24) is 13.7 Å². The van der Waals surface area contributed by atoms with Crippen LogP contribution in [0.1, 0.15) is 71.1 Å². The summed E-state index contributed by atoms with van der Waals surface area (Å²) in [4.78, 5) is 2.48. The molecule has 4 nitrogen and oxygen atoms in total. The van der Waals surface area contributed by atoms with Gasteiger partial charge < -0.3 is 18.6 Å². The van der Waals surface area contributed by atoms with Crippen molar-refractivity contribution in [2.45, 2.75) is 65.2 Å². The summed E-state index contributed by atoms with van der Waals surface area (Å²) in [5, 5.41) is 7.61. The molecular weight excluding hydrogens is 1020 g/mol. The van der Waals surface area contributed by atoms with E-state index in [9.17, 15) is 0 Å². The molecule has 14 aromatic rings. The van der Waals surface area contributed by atoms with Gasteiger partial charge in [0.2, 0.25) is 0 Å². The second-order valence-electron chi connectivity index (χ2n) is 25.0. The normalized spacial score (nSPS) is 13.2. The second-order valence-corrected chi connectivity index (χ2v) is 25.0. The van der Waals surface area contributed by atoms with Gasteiger partial charge in [0.05, 0.1) is 33.1 Å². The number of hydrogen-bond donors (Lipinski definition) is 0. The van der Waals surface area contributed by atoms with Gasteiger partial charge in [-0.25, -0.2) is 0 Å². The maximum absolute atomic E-state index is 2.48. The summed E-state index contributed by atoms with van der Waals surface area (Å²) < 4.78 is 7.23. The second kappa shape index (κ2) is 19.9. The number of fused-ring (bicyclic) bond motifs is 9. The standard InChI is InChI=1S/C80H66N4/c1-79(2,3)59-35-46-77-71(51-59)69-49-57(33-44-75(69)83(77)62-20-12-8-13-21-62)54-28-39-65(40-29-54)81(64-37-26-53(27-38-64)56-32-43-74-68(48-56)67-24-16-17-25-73(67)82(74)61-18-10-7-11-19-61)66-41-30-55(31-42-66)58-34-45-76-70(50-58)72-52-60(80(4,5)6)36-47-78(72)84(76)63-22-14-9-15-23-63/h7-26,28-37,39-52H,27,38H2,1-6H3. The van der Waals surface area contributed by atoms with Gasteiger partial charge in [0, 0.05) is 66.5 Å². The third-order valence-electron chi connectivity index (χ3n) is 17.7. The highest BCUT2D eigenvalue weighted by Gasteiger charge is 2.24. The highest BCUT2D eigenvalue weighted by atomic mass is 15.1. The average Bonchev–Trinajstić information content (AvgIpc) is 2.69. The van der Waals surface area contributed by atoms with Gasteiger partial charge in [-0.3, -0.25) is 0 Å². The fourth-order valence-corrected chi connectivity index (χ4v) is 13.2. The lowest BCUT2D eigenvalue weighted by molar-refractivity contribution is 0.591. The topological polar surface area (TPSA) is 18.0 Å². The van der Waals surface area contributed by atoms with E-state index in [0.29, 0.717) is 0 Å². The van der Waals surface area contributed by atoms with E-state index < -0.39 is 0 Å². The van der Waals surface area contributed by atoms with Crippen LogP contribution in [0.3, 0.4) is 0 Å². The van der Waals surface area contributed by atoms with Crippen LogP contribution in [0.5, 0.6) is 0 Å². The van der Waals surface area contributed by atoms with Crippen molar-refractivity contribution in [3.8, 4) is 39.3 Å². The van der Waals surface area contributed by atoms with Gasteiger partial charge >= 0.3 is 0 Å². The summed E-state index contributed by atoms with van der Waals surface area (Å²) in [6.07, 6.45) is 6.53. The minimum absolute atomic E-state index is 0.0242. The number of allylic oxidation sites excluding steroid dienone is 4. The third kappa shape index (κ3) is 8.75. The molecule has 0 unspecified atom stereocenters. The maximum Gasteiger partial charge on any atom is 0.0541 e. The molecule has 11 aromatic carbocycles. The van der Waals surface area contributed by atoms with Crippen molar-refractivity contribution in [3.63, 3.8) is 0 Å². The Bertz CT molecular complexity index is 4700. The Hall–Kier alpha value is -9.90. The van der Waals surface area contributed by atoms with Gasteiger partial charge in [0.25, 0.3) is 0 Å². The van der Waals surface area contributed by atoms with E-state index in [1.165, 1.54) is 133 Å². The predicted molar refractivity (Wildman–Crippen MR) is 358 cm³/mol. The summed E-state index contributed by atoms with van der Waals surface area (Å²) >= 11 is 0. The SMILES string of the molecule is CC(C)(C)c1ccc2c(c1)c1cc(-c3ccc(N(C4=CC=C(c5ccc6c(c5)c5ccccc5n6-c5ccccc5)CC4)c4ccc(-c5ccc6c(c5)c5cc(C(C)(C)C)ccc5n6-c5ccccc5)cc4)cc3)ccc1n2-c1ccccc1.